The Balaban J connectivity index is 2.15. The zero-order valence-corrected chi connectivity index (χ0v) is 10.3. The zero-order valence-electron chi connectivity index (χ0n) is 10.3. The fourth-order valence-corrected chi connectivity index (χ4v) is 3.00. The number of piperazine rings is 1. The van der Waals surface area contributed by atoms with E-state index in [9.17, 15) is 9.90 Å². The van der Waals surface area contributed by atoms with Crippen LogP contribution in [0.5, 0.6) is 0 Å². The minimum Gasteiger partial charge on any atom is -0.480 e. The molecule has 0 aromatic carbocycles. The number of rotatable bonds is 4. The Labute approximate surface area is 97.2 Å². The molecule has 1 saturated heterocycles. The van der Waals surface area contributed by atoms with Gasteiger partial charge in [-0.05, 0) is 32.2 Å². The van der Waals surface area contributed by atoms with Crippen molar-refractivity contribution in [3.63, 3.8) is 0 Å². The molecule has 1 aliphatic heterocycles. The van der Waals surface area contributed by atoms with Crippen LogP contribution in [0.15, 0.2) is 0 Å². The highest BCUT2D eigenvalue weighted by Gasteiger charge is 2.53. The lowest BCUT2D eigenvalue weighted by molar-refractivity contribution is -0.155. The lowest BCUT2D eigenvalue weighted by Gasteiger charge is -2.44. The van der Waals surface area contributed by atoms with Gasteiger partial charge in [0.2, 0.25) is 0 Å². The first-order valence-electron chi connectivity index (χ1n) is 6.28. The van der Waals surface area contributed by atoms with Crippen LogP contribution in [0.3, 0.4) is 0 Å². The largest absolute Gasteiger partial charge is 0.480 e. The molecule has 0 amide bonds. The highest BCUT2D eigenvalue weighted by atomic mass is 16.4. The van der Waals surface area contributed by atoms with Crippen molar-refractivity contribution in [2.75, 3.05) is 33.2 Å². The molecule has 0 radical (unpaired) electrons. The molecule has 1 N–H and O–H groups in total. The fourth-order valence-electron chi connectivity index (χ4n) is 3.00. The first-order valence-corrected chi connectivity index (χ1v) is 6.28. The summed E-state index contributed by atoms with van der Waals surface area (Å²) in [6, 6.07) is 0. The molecule has 2 aliphatic rings. The van der Waals surface area contributed by atoms with Gasteiger partial charge in [-0.15, -0.1) is 0 Å². The van der Waals surface area contributed by atoms with Gasteiger partial charge in [-0.1, -0.05) is 6.92 Å². The Morgan fingerprint density at radius 1 is 1.31 bits per heavy atom. The summed E-state index contributed by atoms with van der Waals surface area (Å²) in [6.45, 7) is 5.79. The number of hydrogen-bond donors (Lipinski definition) is 1. The molecule has 1 unspecified atom stereocenters. The monoisotopic (exact) mass is 226 g/mol. The third-order valence-electron chi connectivity index (χ3n) is 4.23. The molecule has 4 nitrogen and oxygen atoms in total. The summed E-state index contributed by atoms with van der Waals surface area (Å²) < 4.78 is 0. The minimum absolute atomic E-state index is 0.387. The van der Waals surface area contributed by atoms with E-state index in [1.165, 1.54) is 0 Å². The summed E-state index contributed by atoms with van der Waals surface area (Å²) in [4.78, 5) is 16.1. The van der Waals surface area contributed by atoms with Crippen molar-refractivity contribution in [3.8, 4) is 0 Å². The van der Waals surface area contributed by atoms with Gasteiger partial charge in [0, 0.05) is 26.2 Å². The topological polar surface area (TPSA) is 43.8 Å². The van der Waals surface area contributed by atoms with Crippen LogP contribution in [-0.4, -0.2) is 59.6 Å². The second kappa shape index (κ2) is 4.34. The number of carboxylic acids is 1. The summed E-state index contributed by atoms with van der Waals surface area (Å²) in [5.74, 6) is -0.222. The molecule has 0 spiro atoms. The van der Waals surface area contributed by atoms with Gasteiger partial charge in [-0.3, -0.25) is 9.69 Å². The molecule has 1 saturated carbocycles. The molecule has 2 rings (SSSR count). The summed E-state index contributed by atoms with van der Waals surface area (Å²) in [6.07, 6.45) is 2.91. The van der Waals surface area contributed by atoms with Gasteiger partial charge in [0.25, 0.3) is 0 Å². The zero-order chi connectivity index (χ0) is 11.8. The van der Waals surface area contributed by atoms with Gasteiger partial charge in [0.15, 0.2) is 0 Å². The standard InChI is InChI=1S/C12H22N2O2/c1-3-12(11(15)16,10-4-5-10)14-8-6-13(2)7-9-14/h10H,3-9H2,1-2H3,(H,15,16). The molecule has 2 fully saturated rings. The Hall–Kier alpha value is -0.610. The van der Waals surface area contributed by atoms with Crippen LogP contribution in [0.25, 0.3) is 0 Å². The summed E-state index contributed by atoms with van der Waals surface area (Å²) in [7, 11) is 2.10. The van der Waals surface area contributed by atoms with E-state index < -0.39 is 11.5 Å². The molecule has 1 heterocycles. The maximum atomic E-state index is 11.7. The van der Waals surface area contributed by atoms with Crippen molar-refractivity contribution in [3.05, 3.63) is 0 Å². The van der Waals surface area contributed by atoms with Gasteiger partial charge in [-0.25, -0.2) is 0 Å². The van der Waals surface area contributed by atoms with Crippen LogP contribution in [0.2, 0.25) is 0 Å². The molecule has 1 atom stereocenters. The molecule has 4 heteroatoms. The first-order chi connectivity index (χ1) is 7.61. The number of hydrogen-bond acceptors (Lipinski definition) is 3. The highest BCUT2D eigenvalue weighted by Crippen LogP contribution is 2.45. The Kier molecular flexibility index (Phi) is 3.22. The van der Waals surface area contributed by atoms with E-state index >= 15 is 0 Å². The number of carboxylic acid groups (broad SMARTS) is 1. The molecule has 0 aromatic heterocycles. The minimum atomic E-state index is -0.609. The van der Waals surface area contributed by atoms with Crippen LogP contribution in [0.4, 0.5) is 0 Å². The van der Waals surface area contributed by atoms with Gasteiger partial charge in [0.1, 0.15) is 5.54 Å². The average Bonchev–Trinajstić information content (AvgIpc) is 3.06. The van der Waals surface area contributed by atoms with E-state index in [0.29, 0.717) is 5.92 Å². The summed E-state index contributed by atoms with van der Waals surface area (Å²) in [5.41, 5.74) is -0.568. The van der Waals surface area contributed by atoms with E-state index in [2.05, 4.69) is 16.8 Å². The van der Waals surface area contributed by atoms with Crippen molar-refractivity contribution >= 4 is 5.97 Å². The Morgan fingerprint density at radius 3 is 2.25 bits per heavy atom. The van der Waals surface area contributed by atoms with Crippen molar-refractivity contribution in [2.45, 2.75) is 31.7 Å². The third kappa shape index (κ3) is 1.84. The van der Waals surface area contributed by atoms with E-state index in [0.717, 1.165) is 45.4 Å². The molecular formula is C12H22N2O2. The molecular weight excluding hydrogens is 204 g/mol. The third-order valence-corrected chi connectivity index (χ3v) is 4.23. The predicted octanol–water partition coefficient (Wildman–Crippen LogP) is 0.877. The second-order valence-electron chi connectivity index (χ2n) is 5.15. The van der Waals surface area contributed by atoms with Crippen LogP contribution in [-0.2, 0) is 4.79 Å². The summed E-state index contributed by atoms with van der Waals surface area (Å²) in [5, 5.41) is 9.60. The van der Waals surface area contributed by atoms with Crippen molar-refractivity contribution < 1.29 is 9.90 Å². The van der Waals surface area contributed by atoms with E-state index in [1.54, 1.807) is 0 Å². The van der Waals surface area contributed by atoms with E-state index in [4.69, 9.17) is 0 Å². The highest BCUT2D eigenvalue weighted by molar-refractivity contribution is 5.79. The lowest BCUT2D eigenvalue weighted by Crippen LogP contribution is -2.61. The van der Waals surface area contributed by atoms with Crippen molar-refractivity contribution in [2.24, 2.45) is 5.92 Å². The number of nitrogens with zero attached hydrogens (tertiary/aromatic N) is 2. The number of carbonyl (C=O) groups is 1. The Bertz CT molecular complexity index is 270. The van der Waals surface area contributed by atoms with Crippen molar-refractivity contribution in [1.29, 1.82) is 0 Å². The molecule has 0 aromatic rings. The summed E-state index contributed by atoms with van der Waals surface area (Å²) >= 11 is 0. The van der Waals surface area contributed by atoms with Gasteiger partial charge in [-0.2, -0.15) is 0 Å². The van der Waals surface area contributed by atoms with Gasteiger partial charge >= 0.3 is 5.97 Å². The van der Waals surface area contributed by atoms with Crippen molar-refractivity contribution in [1.82, 2.24) is 9.80 Å². The normalized spacial score (nSPS) is 27.6. The maximum absolute atomic E-state index is 11.7. The molecule has 1 aliphatic carbocycles. The van der Waals surface area contributed by atoms with Gasteiger partial charge < -0.3 is 10.0 Å². The maximum Gasteiger partial charge on any atom is 0.324 e. The Morgan fingerprint density at radius 2 is 1.88 bits per heavy atom. The van der Waals surface area contributed by atoms with E-state index in [1.807, 2.05) is 6.92 Å². The fraction of sp³-hybridized carbons (Fsp3) is 0.917. The number of aliphatic carboxylic acids is 1. The van der Waals surface area contributed by atoms with Crippen LogP contribution in [0, 0.1) is 5.92 Å². The van der Waals surface area contributed by atoms with Crippen LogP contribution < -0.4 is 0 Å². The van der Waals surface area contributed by atoms with Crippen LogP contribution in [0.1, 0.15) is 26.2 Å². The second-order valence-corrected chi connectivity index (χ2v) is 5.15. The molecule has 0 bridgehead atoms. The van der Waals surface area contributed by atoms with Crippen LogP contribution >= 0.6 is 0 Å². The van der Waals surface area contributed by atoms with E-state index in [-0.39, 0.29) is 0 Å². The van der Waals surface area contributed by atoms with Gasteiger partial charge in [0.05, 0.1) is 0 Å². The molecule has 16 heavy (non-hydrogen) atoms. The first kappa shape index (κ1) is 11.9. The quantitative estimate of drug-likeness (QED) is 0.773. The molecule has 92 valence electrons. The average molecular weight is 226 g/mol. The predicted molar refractivity (Wildman–Crippen MR) is 62.5 cm³/mol. The number of likely N-dealkylation sites (N-methyl/N-ethyl adjacent to an activating group) is 1. The lowest BCUT2D eigenvalue weighted by atomic mass is 9.87. The smallest absolute Gasteiger partial charge is 0.324 e. The SMILES string of the molecule is CCC(C(=O)O)(C1CC1)N1CCN(C)CC1.